The summed E-state index contributed by atoms with van der Waals surface area (Å²) in [4.78, 5) is 2.39. The van der Waals surface area contributed by atoms with Gasteiger partial charge >= 0.3 is 0 Å². The van der Waals surface area contributed by atoms with Crippen molar-refractivity contribution in [3.8, 4) is 89.4 Å². The molecule has 0 atom stereocenters. The number of rotatable bonds is 7. The maximum absolute atomic E-state index is 7.03. The highest BCUT2D eigenvalue weighted by Crippen LogP contribution is 2.53. The number of nitrogens with zero attached hydrogens (tertiary/aromatic N) is 1. The van der Waals surface area contributed by atoms with Gasteiger partial charge in [-0.2, -0.15) is 0 Å². The van der Waals surface area contributed by atoms with Gasteiger partial charge < -0.3 is 9.64 Å². The summed E-state index contributed by atoms with van der Waals surface area (Å²) in [5.74, 6) is 1.73. The number of benzene rings is 10. The van der Waals surface area contributed by atoms with Crippen LogP contribution in [0.4, 0.5) is 17.1 Å². The van der Waals surface area contributed by atoms with Crippen molar-refractivity contribution < 1.29 is 4.74 Å². The highest BCUT2D eigenvalue weighted by molar-refractivity contribution is 5.99. The number of ether oxygens (including phenoxy) is 1. The van der Waals surface area contributed by atoms with E-state index < -0.39 is 0 Å². The third-order valence-corrected chi connectivity index (χ3v) is 13.5. The van der Waals surface area contributed by atoms with E-state index in [9.17, 15) is 0 Å². The molecule has 10 aromatic carbocycles. The first-order valence-corrected chi connectivity index (χ1v) is 22.5. The van der Waals surface area contributed by atoms with Crippen molar-refractivity contribution in [3.63, 3.8) is 0 Å². The Morgan fingerprint density at radius 3 is 1.43 bits per heavy atom. The second kappa shape index (κ2) is 15.6. The summed E-state index contributed by atoms with van der Waals surface area (Å²) in [5.41, 5.74) is 22.4. The average molecular weight is 832 g/mol. The molecule has 0 saturated carbocycles. The molecule has 1 aliphatic carbocycles. The number of hydrogen-bond acceptors (Lipinski definition) is 2. The van der Waals surface area contributed by atoms with Crippen LogP contribution in [-0.2, 0) is 5.41 Å². The lowest BCUT2D eigenvalue weighted by molar-refractivity contribution is 0.489. The first-order chi connectivity index (χ1) is 32.0. The molecule has 2 nitrogen and oxygen atoms in total. The number of para-hydroxylation sites is 1. The second-order valence-electron chi connectivity index (χ2n) is 17.6. The molecule has 2 aliphatic rings. The smallest absolute Gasteiger partial charge is 0.143 e. The van der Waals surface area contributed by atoms with Crippen LogP contribution in [0.15, 0.2) is 237 Å². The van der Waals surface area contributed by atoms with Crippen LogP contribution in [0.25, 0.3) is 77.9 Å². The third-order valence-electron chi connectivity index (χ3n) is 13.5. The van der Waals surface area contributed by atoms with Crippen LogP contribution in [0, 0.1) is 0 Å². The molecule has 2 heteroatoms. The van der Waals surface area contributed by atoms with Crippen molar-refractivity contribution in [2.75, 3.05) is 4.90 Å². The van der Waals surface area contributed by atoms with Gasteiger partial charge in [-0.05, 0) is 115 Å². The molecule has 10 aromatic rings. The SMILES string of the molecule is CC1(C)c2ccccc2-c2ccc(N(c3ccc(-c4ccccc4)cc3)c3ccc(-c4ccc(-c5cccc6c5Oc5cccc(-c7ccccc7)c5-c5ccccc5-6)cc4)cc3)cc21. The predicted octanol–water partition coefficient (Wildman–Crippen LogP) is 17.6. The molecule has 0 radical (unpaired) electrons. The van der Waals surface area contributed by atoms with Gasteiger partial charge in [0.25, 0.3) is 0 Å². The third kappa shape index (κ3) is 6.57. The zero-order chi connectivity index (χ0) is 43.5. The van der Waals surface area contributed by atoms with E-state index in [4.69, 9.17) is 4.74 Å². The van der Waals surface area contributed by atoms with Crippen molar-refractivity contribution in [2.45, 2.75) is 19.3 Å². The van der Waals surface area contributed by atoms with Crippen molar-refractivity contribution in [2.24, 2.45) is 0 Å². The van der Waals surface area contributed by atoms with E-state index >= 15 is 0 Å². The van der Waals surface area contributed by atoms with Gasteiger partial charge in [0, 0.05) is 39.2 Å². The minimum Gasteiger partial charge on any atom is -0.455 e. The van der Waals surface area contributed by atoms with Crippen molar-refractivity contribution in [3.05, 3.63) is 248 Å². The Morgan fingerprint density at radius 1 is 0.308 bits per heavy atom. The number of anilines is 3. The molecule has 65 heavy (non-hydrogen) atoms. The van der Waals surface area contributed by atoms with Crippen molar-refractivity contribution in [1.29, 1.82) is 0 Å². The first-order valence-electron chi connectivity index (χ1n) is 22.5. The lowest BCUT2D eigenvalue weighted by atomic mass is 9.82. The van der Waals surface area contributed by atoms with Crippen LogP contribution in [0.2, 0.25) is 0 Å². The van der Waals surface area contributed by atoms with Gasteiger partial charge in [0.15, 0.2) is 0 Å². The van der Waals surface area contributed by atoms with E-state index in [2.05, 4.69) is 255 Å². The quantitative estimate of drug-likeness (QED) is 0.159. The minimum absolute atomic E-state index is 0.105. The Labute approximate surface area is 381 Å². The van der Waals surface area contributed by atoms with Gasteiger partial charge in [0.05, 0.1) is 0 Å². The molecule has 308 valence electrons. The van der Waals surface area contributed by atoms with Crippen LogP contribution in [0.5, 0.6) is 11.5 Å². The van der Waals surface area contributed by atoms with E-state index in [-0.39, 0.29) is 5.41 Å². The highest BCUT2D eigenvalue weighted by atomic mass is 16.5. The maximum Gasteiger partial charge on any atom is 0.143 e. The van der Waals surface area contributed by atoms with Crippen LogP contribution in [-0.4, -0.2) is 0 Å². The Bertz CT molecular complexity index is 3390. The zero-order valence-electron chi connectivity index (χ0n) is 36.4. The van der Waals surface area contributed by atoms with Crippen LogP contribution in [0.3, 0.4) is 0 Å². The summed E-state index contributed by atoms with van der Waals surface area (Å²) in [6.07, 6.45) is 0. The maximum atomic E-state index is 7.03. The molecule has 0 spiro atoms. The summed E-state index contributed by atoms with van der Waals surface area (Å²) in [5, 5.41) is 0. The molecular formula is C63H45NO. The standard InChI is InChI=1S/C63H45NO/c1-63(2)58-25-12-11-20-54(58)55-40-39-50(41-59(55)63)64(48-35-31-44(32-36-48)42-15-5-3-6-16-42)49-37-33-45(34-38-49)43-27-29-47(30-28-43)52-23-13-24-57-53-19-9-10-21-56(53)61-51(46-17-7-4-8-18-46)22-14-26-60(61)65-62(52)57/h3-41H,1-2H3. The van der Waals surface area contributed by atoms with Gasteiger partial charge in [-0.15, -0.1) is 0 Å². The molecule has 0 amide bonds. The fourth-order valence-electron chi connectivity index (χ4n) is 10.2. The summed E-state index contributed by atoms with van der Waals surface area (Å²) in [6.45, 7) is 4.70. The highest BCUT2D eigenvalue weighted by Gasteiger charge is 2.36. The Morgan fingerprint density at radius 2 is 0.754 bits per heavy atom. The molecule has 0 N–H and O–H groups in total. The van der Waals surface area contributed by atoms with E-state index in [1.165, 1.54) is 44.5 Å². The predicted molar refractivity (Wildman–Crippen MR) is 271 cm³/mol. The van der Waals surface area contributed by atoms with E-state index in [1.807, 2.05) is 0 Å². The molecule has 0 bridgehead atoms. The monoisotopic (exact) mass is 831 g/mol. The van der Waals surface area contributed by atoms with Crippen molar-refractivity contribution >= 4 is 17.1 Å². The molecule has 1 heterocycles. The van der Waals surface area contributed by atoms with Crippen LogP contribution >= 0.6 is 0 Å². The largest absolute Gasteiger partial charge is 0.455 e. The molecule has 12 rings (SSSR count). The molecular weight excluding hydrogens is 787 g/mol. The van der Waals surface area contributed by atoms with E-state index in [0.717, 1.165) is 73.1 Å². The number of hydrogen-bond donors (Lipinski definition) is 0. The molecule has 0 fully saturated rings. The minimum atomic E-state index is -0.105. The summed E-state index contributed by atoms with van der Waals surface area (Å²) < 4.78 is 7.03. The van der Waals surface area contributed by atoms with Gasteiger partial charge in [-0.1, -0.05) is 208 Å². The normalized spacial score (nSPS) is 12.7. The van der Waals surface area contributed by atoms with Gasteiger partial charge in [0.2, 0.25) is 0 Å². The van der Waals surface area contributed by atoms with Gasteiger partial charge in [-0.25, -0.2) is 0 Å². The Hall–Kier alpha value is -8.20. The molecule has 0 aromatic heterocycles. The molecule has 0 unspecified atom stereocenters. The summed E-state index contributed by atoms with van der Waals surface area (Å²) in [7, 11) is 0. The summed E-state index contributed by atoms with van der Waals surface area (Å²) in [6, 6.07) is 85.5. The molecule has 1 aliphatic heterocycles. The first kappa shape index (κ1) is 38.5. The van der Waals surface area contributed by atoms with Crippen LogP contribution in [0.1, 0.15) is 25.0 Å². The summed E-state index contributed by atoms with van der Waals surface area (Å²) >= 11 is 0. The van der Waals surface area contributed by atoms with Crippen molar-refractivity contribution in [1.82, 2.24) is 0 Å². The van der Waals surface area contributed by atoms with Gasteiger partial charge in [0.1, 0.15) is 11.5 Å². The van der Waals surface area contributed by atoms with Crippen LogP contribution < -0.4 is 9.64 Å². The fourth-order valence-corrected chi connectivity index (χ4v) is 10.2. The lowest BCUT2D eigenvalue weighted by Crippen LogP contribution is -2.16. The molecule has 0 saturated heterocycles. The second-order valence-corrected chi connectivity index (χ2v) is 17.6. The fraction of sp³-hybridized carbons (Fsp3) is 0.0476. The Balaban J connectivity index is 0.892. The van der Waals surface area contributed by atoms with Gasteiger partial charge in [-0.3, -0.25) is 0 Å². The average Bonchev–Trinajstić information content (AvgIpc) is 3.49. The topological polar surface area (TPSA) is 12.5 Å². The van der Waals surface area contributed by atoms with E-state index in [0.29, 0.717) is 0 Å². The van der Waals surface area contributed by atoms with E-state index in [1.54, 1.807) is 0 Å². The number of fused-ring (bicyclic) bond motifs is 8. The zero-order valence-corrected chi connectivity index (χ0v) is 36.4. The Kier molecular flexibility index (Phi) is 9.21. The lowest BCUT2D eigenvalue weighted by Gasteiger charge is -2.28.